The van der Waals surface area contributed by atoms with E-state index in [1.54, 1.807) is 6.07 Å². The molecule has 0 saturated heterocycles. The highest BCUT2D eigenvalue weighted by Gasteiger charge is 1.98. The lowest BCUT2D eigenvalue weighted by Gasteiger charge is -1.98. The summed E-state index contributed by atoms with van der Waals surface area (Å²) in [5.74, 6) is 0. The molecule has 63 valence electrons. The lowest BCUT2D eigenvalue weighted by molar-refractivity contribution is 0.430. The smallest absolute Gasteiger partial charge is 0.315 e. The van der Waals surface area contributed by atoms with Crippen LogP contribution in [0.3, 0.4) is 0 Å². The first-order valence-electron chi connectivity index (χ1n) is 3.86. The summed E-state index contributed by atoms with van der Waals surface area (Å²) in [4.78, 5) is 7.34. The molecule has 3 nitrogen and oxygen atoms in total. The SMILES string of the molecule is Oc1n[c]cc(-c2ccccc2)n1. The normalized spacial score (nSPS) is 9.85. The molecule has 1 radical (unpaired) electrons. The van der Waals surface area contributed by atoms with Crippen LogP contribution in [-0.2, 0) is 0 Å². The highest BCUT2D eigenvalue weighted by Crippen LogP contribution is 2.16. The van der Waals surface area contributed by atoms with Crippen molar-refractivity contribution in [1.29, 1.82) is 0 Å². The highest BCUT2D eigenvalue weighted by atomic mass is 16.3. The average Bonchev–Trinajstić information content (AvgIpc) is 2.19. The average molecular weight is 171 g/mol. The van der Waals surface area contributed by atoms with Crippen LogP contribution >= 0.6 is 0 Å². The minimum absolute atomic E-state index is 0.249. The second-order valence-electron chi connectivity index (χ2n) is 2.55. The second-order valence-corrected chi connectivity index (χ2v) is 2.55. The molecule has 1 aromatic heterocycles. The van der Waals surface area contributed by atoms with Crippen molar-refractivity contribution in [3.05, 3.63) is 42.6 Å². The lowest BCUT2D eigenvalue weighted by atomic mass is 10.1. The Labute approximate surface area is 75.7 Å². The maximum absolute atomic E-state index is 9.02. The third-order valence-corrected chi connectivity index (χ3v) is 1.66. The Morgan fingerprint density at radius 1 is 1.15 bits per heavy atom. The van der Waals surface area contributed by atoms with Crippen LogP contribution in [0, 0.1) is 6.20 Å². The van der Waals surface area contributed by atoms with Crippen molar-refractivity contribution >= 4 is 0 Å². The molecule has 1 heterocycles. The Hall–Kier alpha value is -1.90. The van der Waals surface area contributed by atoms with E-state index in [1.165, 1.54) is 0 Å². The largest absolute Gasteiger partial charge is 0.479 e. The summed E-state index contributed by atoms with van der Waals surface area (Å²) in [6, 6.07) is 11.0. The van der Waals surface area contributed by atoms with Gasteiger partial charge in [0.1, 0.15) is 0 Å². The van der Waals surface area contributed by atoms with Crippen LogP contribution in [0.5, 0.6) is 6.01 Å². The van der Waals surface area contributed by atoms with Gasteiger partial charge in [0.25, 0.3) is 0 Å². The summed E-state index contributed by atoms with van der Waals surface area (Å²) < 4.78 is 0. The van der Waals surface area contributed by atoms with E-state index in [2.05, 4.69) is 16.2 Å². The maximum Gasteiger partial charge on any atom is 0.315 e. The summed E-state index contributed by atoms with van der Waals surface area (Å²) in [7, 11) is 0. The Balaban J connectivity index is 2.48. The number of aromatic nitrogens is 2. The van der Waals surface area contributed by atoms with Gasteiger partial charge in [0.15, 0.2) is 0 Å². The van der Waals surface area contributed by atoms with E-state index < -0.39 is 0 Å². The number of rotatable bonds is 1. The van der Waals surface area contributed by atoms with Gasteiger partial charge in [-0.1, -0.05) is 30.3 Å². The minimum Gasteiger partial charge on any atom is -0.479 e. The van der Waals surface area contributed by atoms with Crippen molar-refractivity contribution in [3.8, 4) is 17.3 Å². The summed E-state index contributed by atoms with van der Waals surface area (Å²) in [6.45, 7) is 0. The number of hydrogen-bond donors (Lipinski definition) is 1. The van der Waals surface area contributed by atoms with Crippen molar-refractivity contribution in [3.63, 3.8) is 0 Å². The van der Waals surface area contributed by atoms with Gasteiger partial charge in [-0.2, -0.15) is 9.97 Å². The molecular weight excluding hydrogens is 164 g/mol. The van der Waals surface area contributed by atoms with Crippen molar-refractivity contribution in [2.75, 3.05) is 0 Å². The topological polar surface area (TPSA) is 46.0 Å². The van der Waals surface area contributed by atoms with E-state index in [1.807, 2.05) is 30.3 Å². The fourth-order valence-corrected chi connectivity index (χ4v) is 1.07. The first-order valence-corrected chi connectivity index (χ1v) is 3.86. The molecule has 0 saturated carbocycles. The van der Waals surface area contributed by atoms with Crippen LogP contribution in [0.1, 0.15) is 0 Å². The van der Waals surface area contributed by atoms with Crippen LogP contribution in [-0.4, -0.2) is 15.1 Å². The maximum atomic E-state index is 9.02. The van der Waals surface area contributed by atoms with Crippen LogP contribution in [0.25, 0.3) is 11.3 Å². The summed E-state index contributed by atoms with van der Waals surface area (Å²) in [6.07, 6.45) is 2.57. The Morgan fingerprint density at radius 3 is 2.62 bits per heavy atom. The van der Waals surface area contributed by atoms with E-state index in [4.69, 9.17) is 5.11 Å². The Kier molecular flexibility index (Phi) is 1.92. The first-order chi connectivity index (χ1) is 6.36. The third-order valence-electron chi connectivity index (χ3n) is 1.66. The molecule has 2 aromatic rings. The van der Waals surface area contributed by atoms with Gasteiger partial charge >= 0.3 is 6.01 Å². The van der Waals surface area contributed by atoms with Gasteiger partial charge in [-0.15, -0.1) is 0 Å². The molecule has 0 aliphatic rings. The zero-order chi connectivity index (χ0) is 9.10. The van der Waals surface area contributed by atoms with Gasteiger partial charge in [-0.25, -0.2) is 0 Å². The molecule has 1 N–H and O–H groups in total. The van der Waals surface area contributed by atoms with Gasteiger partial charge in [-0.3, -0.25) is 0 Å². The summed E-state index contributed by atoms with van der Waals surface area (Å²) >= 11 is 0. The van der Waals surface area contributed by atoms with Gasteiger partial charge in [-0.05, 0) is 6.07 Å². The number of aromatic hydroxyl groups is 1. The van der Waals surface area contributed by atoms with E-state index in [0.717, 1.165) is 5.56 Å². The van der Waals surface area contributed by atoms with Crippen molar-refractivity contribution in [2.45, 2.75) is 0 Å². The van der Waals surface area contributed by atoms with E-state index in [-0.39, 0.29) is 6.01 Å². The summed E-state index contributed by atoms with van der Waals surface area (Å²) in [5.41, 5.74) is 1.62. The molecule has 2 rings (SSSR count). The fourth-order valence-electron chi connectivity index (χ4n) is 1.07. The second kappa shape index (κ2) is 3.23. The zero-order valence-corrected chi connectivity index (χ0v) is 6.81. The molecule has 13 heavy (non-hydrogen) atoms. The van der Waals surface area contributed by atoms with E-state index in [9.17, 15) is 0 Å². The standard InChI is InChI=1S/C10H7N2O/c13-10-11-7-6-9(12-10)8-4-2-1-3-5-8/h1-6H,(H,11,12,13). The number of nitrogens with zero attached hydrogens (tertiary/aromatic N) is 2. The number of hydrogen-bond acceptors (Lipinski definition) is 3. The molecular formula is C10H7N2O. The molecule has 1 aromatic carbocycles. The Morgan fingerprint density at radius 2 is 1.92 bits per heavy atom. The molecule has 0 amide bonds. The fraction of sp³-hybridized carbons (Fsp3) is 0. The van der Waals surface area contributed by atoms with Crippen LogP contribution in [0.15, 0.2) is 36.4 Å². The van der Waals surface area contributed by atoms with Crippen molar-refractivity contribution < 1.29 is 5.11 Å². The third kappa shape index (κ3) is 1.64. The van der Waals surface area contributed by atoms with Gasteiger partial charge in [0.05, 0.1) is 11.9 Å². The predicted octanol–water partition coefficient (Wildman–Crippen LogP) is 1.65. The molecule has 0 aliphatic heterocycles. The molecule has 3 heteroatoms. The highest BCUT2D eigenvalue weighted by molar-refractivity contribution is 5.58. The summed E-state index contributed by atoms with van der Waals surface area (Å²) in [5, 5.41) is 9.02. The molecule has 0 bridgehead atoms. The minimum atomic E-state index is -0.249. The van der Waals surface area contributed by atoms with Crippen LogP contribution in [0.2, 0.25) is 0 Å². The Bertz CT molecular complexity index is 401. The molecule has 0 spiro atoms. The van der Waals surface area contributed by atoms with Crippen molar-refractivity contribution in [2.24, 2.45) is 0 Å². The van der Waals surface area contributed by atoms with Gasteiger partial charge in [0.2, 0.25) is 0 Å². The number of benzene rings is 1. The lowest BCUT2D eigenvalue weighted by Crippen LogP contribution is -1.85. The molecule has 0 unspecified atom stereocenters. The quantitative estimate of drug-likeness (QED) is 0.709. The molecule has 0 atom stereocenters. The van der Waals surface area contributed by atoms with Crippen LogP contribution < -0.4 is 0 Å². The van der Waals surface area contributed by atoms with Gasteiger partial charge < -0.3 is 5.11 Å². The predicted molar refractivity (Wildman–Crippen MR) is 48.0 cm³/mol. The van der Waals surface area contributed by atoms with E-state index in [0.29, 0.717) is 5.69 Å². The monoisotopic (exact) mass is 171 g/mol. The zero-order valence-electron chi connectivity index (χ0n) is 6.81. The van der Waals surface area contributed by atoms with Crippen LogP contribution in [0.4, 0.5) is 0 Å². The van der Waals surface area contributed by atoms with Crippen molar-refractivity contribution in [1.82, 2.24) is 9.97 Å². The van der Waals surface area contributed by atoms with Gasteiger partial charge in [0, 0.05) is 5.56 Å². The molecule has 0 aliphatic carbocycles. The molecule has 0 fully saturated rings. The first kappa shape index (κ1) is 7.73. The van der Waals surface area contributed by atoms with E-state index >= 15 is 0 Å².